The van der Waals surface area contributed by atoms with Crippen molar-refractivity contribution in [1.29, 1.82) is 0 Å². The van der Waals surface area contributed by atoms with Gasteiger partial charge in [0.15, 0.2) is 0 Å². The maximum absolute atomic E-state index is 12.6. The van der Waals surface area contributed by atoms with Gasteiger partial charge in [0.05, 0.1) is 15.8 Å². The Labute approximate surface area is 159 Å². The number of amides is 1. The first-order chi connectivity index (χ1) is 11.5. The van der Waals surface area contributed by atoms with Gasteiger partial charge in [0.25, 0.3) is 0 Å². The number of hydrogen-bond acceptors (Lipinski definition) is 3. The third-order valence-corrected chi connectivity index (χ3v) is 6.64. The Morgan fingerprint density at radius 2 is 1.80 bits per heavy atom. The standard InChI is InChI=1S/C17H24Cl2N2O3S/c1-17(2,3)20-16(22)13-6-8-21(9-7-13)25(23,24)11-12-4-5-14(18)15(19)10-12/h4-5,10,13H,6-9,11H2,1-3H3,(H,20,22). The Balaban J connectivity index is 1.96. The second-order valence-electron chi connectivity index (χ2n) is 7.42. The van der Waals surface area contributed by atoms with Crippen molar-refractivity contribution >= 4 is 39.1 Å². The van der Waals surface area contributed by atoms with Crippen LogP contribution in [0.2, 0.25) is 10.0 Å². The summed E-state index contributed by atoms with van der Waals surface area (Å²) < 4.78 is 26.7. The maximum Gasteiger partial charge on any atom is 0.223 e. The van der Waals surface area contributed by atoms with Crippen molar-refractivity contribution in [2.45, 2.75) is 44.9 Å². The Morgan fingerprint density at radius 3 is 2.32 bits per heavy atom. The Morgan fingerprint density at radius 1 is 1.20 bits per heavy atom. The fourth-order valence-electron chi connectivity index (χ4n) is 2.80. The first kappa shape index (κ1) is 20.5. The second kappa shape index (κ2) is 7.82. The minimum Gasteiger partial charge on any atom is -0.351 e. The third-order valence-electron chi connectivity index (χ3n) is 4.05. The summed E-state index contributed by atoms with van der Waals surface area (Å²) in [6.07, 6.45) is 1.06. The lowest BCUT2D eigenvalue weighted by Gasteiger charge is -2.32. The molecule has 1 aliphatic heterocycles. The number of piperidine rings is 1. The number of nitrogens with zero attached hydrogens (tertiary/aromatic N) is 1. The fourth-order valence-corrected chi connectivity index (χ4v) is 4.67. The second-order valence-corrected chi connectivity index (χ2v) is 10.2. The molecule has 8 heteroatoms. The van der Waals surface area contributed by atoms with E-state index in [0.717, 1.165) is 0 Å². The smallest absolute Gasteiger partial charge is 0.223 e. The molecule has 1 aliphatic rings. The molecule has 25 heavy (non-hydrogen) atoms. The van der Waals surface area contributed by atoms with Gasteiger partial charge >= 0.3 is 0 Å². The van der Waals surface area contributed by atoms with Crippen LogP contribution in [0.5, 0.6) is 0 Å². The molecule has 0 saturated carbocycles. The number of hydrogen-bond donors (Lipinski definition) is 1. The Bertz CT molecular complexity index is 737. The molecule has 140 valence electrons. The highest BCUT2D eigenvalue weighted by molar-refractivity contribution is 7.88. The maximum atomic E-state index is 12.6. The lowest BCUT2D eigenvalue weighted by Crippen LogP contribution is -2.48. The highest BCUT2D eigenvalue weighted by Gasteiger charge is 2.32. The van der Waals surface area contributed by atoms with Crippen LogP contribution < -0.4 is 5.32 Å². The minimum absolute atomic E-state index is 0.00553. The summed E-state index contributed by atoms with van der Waals surface area (Å²) in [7, 11) is -3.45. The van der Waals surface area contributed by atoms with E-state index in [0.29, 0.717) is 41.5 Å². The average molecular weight is 407 g/mol. The van der Waals surface area contributed by atoms with Gasteiger partial charge < -0.3 is 5.32 Å². The average Bonchev–Trinajstić information content (AvgIpc) is 2.49. The highest BCUT2D eigenvalue weighted by Crippen LogP contribution is 2.26. The molecule has 0 unspecified atom stereocenters. The molecule has 1 fully saturated rings. The molecule has 2 rings (SSSR count). The van der Waals surface area contributed by atoms with Gasteiger partial charge in [-0.3, -0.25) is 4.79 Å². The van der Waals surface area contributed by atoms with Crippen molar-refractivity contribution in [3.05, 3.63) is 33.8 Å². The van der Waals surface area contributed by atoms with Crippen LogP contribution in [0.25, 0.3) is 0 Å². The number of sulfonamides is 1. The van der Waals surface area contributed by atoms with Crippen LogP contribution in [0.15, 0.2) is 18.2 Å². The third kappa shape index (κ3) is 5.84. The first-order valence-corrected chi connectivity index (χ1v) is 10.6. The number of carbonyl (C=O) groups is 1. The van der Waals surface area contributed by atoms with Gasteiger partial charge in [0.2, 0.25) is 15.9 Å². The molecule has 0 atom stereocenters. The van der Waals surface area contributed by atoms with E-state index in [-0.39, 0.29) is 23.1 Å². The number of halogens is 2. The Hall–Kier alpha value is -0.820. The highest BCUT2D eigenvalue weighted by atomic mass is 35.5. The van der Waals surface area contributed by atoms with Crippen molar-refractivity contribution < 1.29 is 13.2 Å². The predicted molar refractivity (Wildman–Crippen MR) is 101 cm³/mol. The van der Waals surface area contributed by atoms with Crippen molar-refractivity contribution in [3.63, 3.8) is 0 Å². The lowest BCUT2D eigenvalue weighted by atomic mass is 9.96. The van der Waals surface area contributed by atoms with Gasteiger partial charge in [-0.25, -0.2) is 12.7 Å². The first-order valence-electron chi connectivity index (χ1n) is 8.22. The van der Waals surface area contributed by atoms with Crippen molar-refractivity contribution in [2.24, 2.45) is 5.92 Å². The van der Waals surface area contributed by atoms with Gasteiger partial charge in [0.1, 0.15) is 0 Å². The van der Waals surface area contributed by atoms with Gasteiger partial charge in [-0.15, -0.1) is 0 Å². The molecule has 1 aromatic carbocycles. The quantitative estimate of drug-likeness (QED) is 0.832. The molecule has 0 aliphatic carbocycles. The molecule has 5 nitrogen and oxygen atoms in total. The molecular weight excluding hydrogens is 383 g/mol. The summed E-state index contributed by atoms with van der Waals surface area (Å²) in [4.78, 5) is 12.2. The van der Waals surface area contributed by atoms with Crippen LogP contribution in [0.4, 0.5) is 0 Å². The summed E-state index contributed by atoms with van der Waals surface area (Å²) in [5.41, 5.74) is 0.315. The number of rotatable bonds is 4. The fraction of sp³-hybridized carbons (Fsp3) is 0.588. The van der Waals surface area contributed by atoms with Crippen LogP contribution >= 0.6 is 23.2 Å². The molecule has 1 N–H and O–H groups in total. The molecule has 0 aromatic heterocycles. The molecule has 1 amide bonds. The SMILES string of the molecule is CC(C)(C)NC(=O)C1CCN(S(=O)(=O)Cc2ccc(Cl)c(Cl)c2)CC1. The van der Waals surface area contributed by atoms with Gasteiger partial charge in [0, 0.05) is 24.5 Å². The summed E-state index contributed by atoms with van der Waals surface area (Å²) >= 11 is 11.8. The monoisotopic (exact) mass is 406 g/mol. The van der Waals surface area contributed by atoms with E-state index in [2.05, 4.69) is 5.32 Å². The van der Waals surface area contributed by atoms with Crippen molar-refractivity contribution in [3.8, 4) is 0 Å². The van der Waals surface area contributed by atoms with E-state index in [1.165, 1.54) is 4.31 Å². The summed E-state index contributed by atoms with van der Waals surface area (Å²) in [6.45, 7) is 6.50. The minimum atomic E-state index is -3.45. The molecule has 0 radical (unpaired) electrons. The summed E-state index contributed by atoms with van der Waals surface area (Å²) in [5, 5.41) is 3.70. The topological polar surface area (TPSA) is 66.5 Å². The number of carbonyl (C=O) groups excluding carboxylic acids is 1. The van der Waals surface area contributed by atoms with E-state index in [4.69, 9.17) is 23.2 Å². The molecule has 1 saturated heterocycles. The molecular formula is C17H24Cl2N2O3S. The van der Waals surface area contributed by atoms with E-state index >= 15 is 0 Å². The zero-order valence-electron chi connectivity index (χ0n) is 14.7. The van der Waals surface area contributed by atoms with E-state index < -0.39 is 10.0 Å². The molecule has 0 bridgehead atoms. The van der Waals surface area contributed by atoms with Crippen LogP contribution in [0, 0.1) is 5.92 Å². The van der Waals surface area contributed by atoms with E-state index in [9.17, 15) is 13.2 Å². The summed E-state index contributed by atoms with van der Waals surface area (Å²) in [5.74, 6) is -0.271. The van der Waals surface area contributed by atoms with Crippen LogP contribution in [-0.2, 0) is 20.6 Å². The summed E-state index contributed by atoms with van der Waals surface area (Å²) in [6, 6.07) is 4.83. The van der Waals surface area contributed by atoms with Gasteiger partial charge in [-0.05, 0) is 51.3 Å². The number of benzene rings is 1. The van der Waals surface area contributed by atoms with Crippen molar-refractivity contribution in [2.75, 3.05) is 13.1 Å². The Kier molecular flexibility index (Phi) is 6.41. The van der Waals surface area contributed by atoms with E-state index in [1.54, 1.807) is 18.2 Å². The predicted octanol–water partition coefficient (Wildman–Crippen LogP) is 3.45. The molecule has 1 aromatic rings. The zero-order valence-corrected chi connectivity index (χ0v) is 17.0. The number of nitrogens with one attached hydrogen (secondary N) is 1. The van der Waals surface area contributed by atoms with Crippen molar-refractivity contribution in [1.82, 2.24) is 9.62 Å². The van der Waals surface area contributed by atoms with Crippen LogP contribution in [0.3, 0.4) is 0 Å². The van der Waals surface area contributed by atoms with E-state index in [1.807, 2.05) is 20.8 Å². The molecule has 0 spiro atoms. The normalized spacial score (nSPS) is 17.5. The van der Waals surface area contributed by atoms with Crippen LogP contribution in [-0.4, -0.2) is 37.3 Å². The lowest BCUT2D eigenvalue weighted by molar-refractivity contribution is -0.127. The molecule has 1 heterocycles. The van der Waals surface area contributed by atoms with Gasteiger partial charge in [-0.1, -0.05) is 29.3 Å². The van der Waals surface area contributed by atoms with Gasteiger partial charge in [-0.2, -0.15) is 0 Å². The largest absolute Gasteiger partial charge is 0.351 e. The van der Waals surface area contributed by atoms with Crippen LogP contribution in [0.1, 0.15) is 39.2 Å². The zero-order chi connectivity index (χ0) is 18.8.